The van der Waals surface area contributed by atoms with Gasteiger partial charge >= 0.3 is 0 Å². The minimum Gasteiger partial charge on any atom is -0.448 e. The molecular weight excluding hydrogens is 266 g/mol. The first-order valence-corrected chi connectivity index (χ1v) is 7.33. The van der Waals surface area contributed by atoms with Gasteiger partial charge < -0.3 is 14.2 Å². The summed E-state index contributed by atoms with van der Waals surface area (Å²) in [6.45, 7) is 3.34. The Morgan fingerprint density at radius 1 is 1.24 bits per heavy atom. The lowest BCUT2D eigenvalue weighted by molar-refractivity contribution is 0.0981. The number of hydrogen-bond donors (Lipinski definition) is 0. The monoisotopic (exact) mass is 283 g/mol. The Morgan fingerprint density at radius 2 is 2.00 bits per heavy atom. The molecule has 1 aliphatic carbocycles. The lowest BCUT2D eigenvalue weighted by Crippen LogP contribution is -2.45. The second-order valence-electron chi connectivity index (χ2n) is 5.63. The van der Waals surface area contributed by atoms with E-state index in [1.807, 2.05) is 23.1 Å². The lowest BCUT2D eigenvalue weighted by atomic mass is 10.1. The maximum absolute atomic E-state index is 12.7. The maximum Gasteiger partial charge on any atom is 0.280 e. The zero-order valence-electron chi connectivity index (χ0n) is 12.0. The van der Waals surface area contributed by atoms with Gasteiger partial charge in [-0.3, -0.25) is 4.79 Å². The number of amides is 1. The van der Waals surface area contributed by atoms with Crippen LogP contribution in [0.25, 0.3) is 0 Å². The molecule has 5 nitrogen and oxygen atoms in total. The maximum atomic E-state index is 12.7. The van der Waals surface area contributed by atoms with Gasteiger partial charge in [0.25, 0.3) is 5.91 Å². The van der Waals surface area contributed by atoms with Crippen molar-refractivity contribution in [3.05, 3.63) is 42.1 Å². The summed E-state index contributed by atoms with van der Waals surface area (Å²) < 4.78 is 5.16. The fourth-order valence-corrected chi connectivity index (χ4v) is 3.00. The molecule has 5 heteroatoms. The van der Waals surface area contributed by atoms with E-state index in [0.717, 1.165) is 17.9 Å². The second kappa shape index (κ2) is 4.62. The number of para-hydroxylation sites is 2. The standard InChI is InChI=1S/C16H17N3O2/c1-11-15(17-10-21-11)16(20)19-9-8-18(12-6-7-12)13-4-2-3-5-14(13)19/h2-5,10,12H,6-9H2,1H3. The van der Waals surface area contributed by atoms with Gasteiger partial charge in [-0.15, -0.1) is 0 Å². The Morgan fingerprint density at radius 3 is 2.67 bits per heavy atom. The average molecular weight is 283 g/mol. The van der Waals surface area contributed by atoms with Crippen molar-refractivity contribution < 1.29 is 9.21 Å². The molecule has 0 N–H and O–H groups in total. The highest BCUT2D eigenvalue weighted by Gasteiger charge is 2.36. The SMILES string of the molecule is Cc1ocnc1C(=O)N1CCN(C2CC2)c2ccccc21. The van der Waals surface area contributed by atoms with Gasteiger partial charge in [0.2, 0.25) is 0 Å². The first-order chi connectivity index (χ1) is 10.3. The van der Waals surface area contributed by atoms with Crippen LogP contribution in [0, 0.1) is 6.92 Å². The largest absolute Gasteiger partial charge is 0.448 e. The molecule has 0 atom stereocenters. The van der Waals surface area contributed by atoms with Gasteiger partial charge in [-0.25, -0.2) is 4.98 Å². The minimum atomic E-state index is -0.0795. The minimum absolute atomic E-state index is 0.0795. The molecule has 2 aliphatic rings. The Labute approximate surface area is 123 Å². The number of aromatic nitrogens is 1. The first-order valence-electron chi connectivity index (χ1n) is 7.33. The van der Waals surface area contributed by atoms with E-state index in [9.17, 15) is 4.79 Å². The average Bonchev–Trinajstić information content (AvgIpc) is 3.27. The number of hydrogen-bond acceptors (Lipinski definition) is 4. The normalized spacial score (nSPS) is 17.8. The van der Waals surface area contributed by atoms with Crippen LogP contribution >= 0.6 is 0 Å². The molecule has 0 bridgehead atoms. The van der Waals surface area contributed by atoms with Gasteiger partial charge in [0, 0.05) is 19.1 Å². The van der Waals surface area contributed by atoms with Crippen LogP contribution in [0.5, 0.6) is 0 Å². The topological polar surface area (TPSA) is 49.6 Å². The molecule has 21 heavy (non-hydrogen) atoms. The van der Waals surface area contributed by atoms with Crippen LogP contribution in [0.3, 0.4) is 0 Å². The molecular formula is C16H17N3O2. The number of nitrogens with zero attached hydrogens (tertiary/aromatic N) is 3. The molecule has 2 heterocycles. The van der Waals surface area contributed by atoms with Crippen molar-refractivity contribution in [3.8, 4) is 0 Å². The van der Waals surface area contributed by atoms with E-state index in [4.69, 9.17) is 4.42 Å². The molecule has 1 aromatic carbocycles. The number of carbonyl (C=O) groups is 1. The third-order valence-corrected chi connectivity index (χ3v) is 4.23. The number of anilines is 2. The summed E-state index contributed by atoms with van der Waals surface area (Å²) in [5.74, 6) is 0.492. The van der Waals surface area contributed by atoms with Gasteiger partial charge in [0.05, 0.1) is 11.4 Å². The van der Waals surface area contributed by atoms with Crippen LogP contribution in [0.4, 0.5) is 11.4 Å². The summed E-state index contributed by atoms with van der Waals surface area (Å²) in [7, 11) is 0. The van der Waals surface area contributed by atoms with Gasteiger partial charge in [0.15, 0.2) is 12.1 Å². The Hall–Kier alpha value is -2.30. The van der Waals surface area contributed by atoms with E-state index >= 15 is 0 Å². The number of fused-ring (bicyclic) bond motifs is 1. The van der Waals surface area contributed by atoms with Crippen molar-refractivity contribution in [2.24, 2.45) is 0 Å². The van der Waals surface area contributed by atoms with Crippen molar-refractivity contribution in [2.75, 3.05) is 22.9 Å². The lowest BCUT2D eigenvalue weighted by Gasteiger charge is -2.37. The van der Waals surface area contributed by atoms with E-state index in [1.54, 1.807) is 6.92 Å². The van der Waals surface area contributed by atoms with Gasteiger partial charge in [-0.1, -0.05) is 12.1 Å². The highest BCUT2D eigenvalue weighted by molar-refractivity contribution is 6.07. The zero-order valence-corrected chi connectivity index (χ0v) is 12.0. The van der Waals surface area contributed by atoms with Crippen molar-refractivity contribution in [3.63, 3.8) is 0 Å². The van der Waals surface area contributed by atoms with Crippen molar-refractivity contribution in [1.29, 1.82) is 0 Å². The quantitative estimate of drug-likeness (QED) is 0.850. The van der Waals surface area contributed by atoms with Crippen molar-refractivity contribution in [1.82, 2.24) is 4.98 Å². The Balaban J connectivity index is 1.72. The van der Waals surface area contributed by atoms with Crippen LogP contribution in [0.2, 0.25) is 0 Å². The molecule has 0 saturated heterocycles. The number of rotatable bonds is 2. The third kappa shape index (κ3) is 2.00. The summed E-state index contributed by atoms with van der Waals surface area (Å²) in [4.78, 5) is 21.0. The molecule has 4 rings (SSSR count). The molecule has 0 radical (unpaired) electrons. The number of benzene rings is 1. The van der Waals surface area contributed by atoms with Gasteiger partial charge in [0.1, 0.15) is 5.76 Å². The highest BCUT2D eigenvalue weighted by atomic mass is 16.3. The predicted molar refractivity (Wildman–Crippen MR) is 79.7 cm³/mol. The number of carbonyl (C=O) groups excluding carboxylic acids is 1. The second-order valence-corrected chi connectivity index (χ2v) is 5.63. The van der Waals surface area contributed by atoms with E-state index in [2.05, 4.69) is 16.0 Å². The van der Waals surface area contributed by atoms with E-state index in [1.165, 1.54) is 19.2 Å². The summed E-state index contributed by atoms with van der Waals surface area (Å²) in [5.41, 5.74) is 2.54. The van der Waals surface area contributed by atoms with Crippen LogP contribution in [0.15, 0.2) is 35.1 Å². The molecule has 1 fully saturated rings. The molecule has 1 aromatic heterocycles. The van der Waals surface area contributed by atoms with E-state index in [0.29, 0.717) is 24.0 Å². The predicted octanol–water partition coefficient (Wildman–Crippen LogP) is 2.61. The van der Waals surface area contributed by atoms with E-state index in [-0.39, 0.29) is 5.91 Å². The van der Waals surface area contributed by atoms with Crippen molar-refractivity contribution in [2.45, 2.75) is 25.8 Å². The summed E-state index contributed by atoms with van der Waals surface area (Å²) in [6, 6.07) is 8.77. The molecule has 0 spiro atoms. The van der Waals surface area contributed by atoms with Gasteiger partial charge in [-0.05, 0) is 31.9 Å². The number of oxazole rings is 1. The van der Waals surface area contributed by atoms with Crippen LogP contribution in [-0.4, -0.2) is 30.0 Å². The molecule has 108 valence electrons. The van der Waals surface area contributed by atoms with Crippen molar-refractivity contribution >= 4 is 17.3 Å². The number of aryl methyl sites for hydroxylation is 1. The molecule has 0 unspecified atom stereocenters. The fourth-order valence-electron chi connectivity index (χ4n) is 3.00. The van der Waals surface area contributed by atoms with Crippen LogP contribution in [-0.2, 0) is 0 Å². The summed E-state index contributed by atoms with van der Waals surface area (Å²) in [6.07, 6.45) is 3.84. The summed E-state index contributed by atoms with van der Waals surface area (Å²) in [5, 5.41) is 0. The smallest absolute Gasteiger partial charge is 0.280 e. The molecule has 2 aromatic rings. The molecule has 1 amide bonds. The van der Waals surface area contributed by atoms with Crippen LogP contribution < -0.4 is 9.80 Å². The Bertz CT molecular complexity index is 690. The molecule has 1 saturated carbocycles. The molecule has 1 aliphatic heterocycles. The first kappa shape index (κ1) is 12.4. The van der Waals surface area contributed by atoms with Gasteiger partial charge in [-0.2, -0.15) is 0 Å². The van der Waals surface area contributed by atoms with Crippen LogP contribution in [0.1, 0.15) is 29.1 Å². The summed E-state index contributed by atoms with van der Waals surface area (Å²) >= 11 is 0. The Kier molecular flexibility index (Phi) is 2.74. The highest BCUT2D eigenvalue weighted by Crippen LogP contribution is 2.40. The zero-order chi connectivity index (χ0) is 14.4. The third-order valence-electron chi connectivity index (χ3n) is 4.23. The fraction of sp³-hybridized carbons (Fsp3) is 0.375. The van der Waals surface area contributed by atoms with E-state index < -0.39 is 0 Å².